The van der Waals surface area contributed by atoms with Crippen LogP contribution < -0.4 is 4.90 Å². The summed E-state index contributed by atoms with van der Waals surface area (Å²) in [4.78, 5) is 22.2. The van der Waals surface area contributed by atoms with E-state index < -0.39 is 0 Å². The van der Waals surface area contributed by atoms with Crippen LogP contribution in [0.25, 0.3) is 16.6 Å². The van der Waals surface area contributed by atoms with Gasteiger partial charge in [-0.05, 0) is 42.8 Å². The molecule has 32 heavy (non-hydrogen) atoms. The molecule has 164 valence electrons. The number of hydrogen-bond acceptors (Lipinski definition) is 5. The Kier molecular flexibility index (Phi) is 5.43. The molecule has 0 radical (unpaired) electrons. The Labute approximate surface area is 191 Å². The maximum absolute atomic E-state index is 13.0. The summed E-state index contributed by atoms with van der Waals surface area (Å²) in [6.45, 7) is 7.05. The van der Waals surface area contributed by atoms with Crippen LogP contribution in [0.4, 0.5) is 5.95 Å². The van der Waals surface area contributed by atoms with Gasteiger partial charge >= 0.3 is 0 Å². The van der Waals surface area contributed by atoms with Gasteiger partial charge in [0.15, 0.2) is 5.65 Å². The molecule has 4 aromatic rings. The minimum atomic E-state index is 0.0345. The molecule has 7 nitrogen and oxygen atoms in total. The van der Waals surface area contributed by atoms with Gasteiger partial charge in [0.1, 0.15) is 5.82 Å². The number of nitrogens with zero attached hydrogens (tertiary/aromatic N) is 6. The number of halogens is 1. The summed E-state index contributed by atoms with van der Waals surface area (Å²) in [5.74, 6) is 1.98. The van der Waals surface area contributed by atoms with Gasteiger partial charge in [-0.3, -0.25) is 4.79 Å². The van der Waals surface area contributed by atoms with E-state index in [1.807, 2.05) is 29.2 Å². The Morgan fingerprint density at radius 2 is 1.75 bits per heavy atom. The van der Waals surface area contributed by atoms with Gasteiger partial charge in [-0.25, -0.2) is 9.38 Å². The quantitative estimate of drug-likeness (QED) is 0.464. The number of rotatable bonds is 3. The van der Waals surface area contributed by atoms with Gasteiger partial charge in [-0.15, -0.1) is 10.2 Å². The molecule has 0 unspecified atom stereocenters. The third kappa shape index (κ3) is 3.66. The third-order valence-electron chi connectivity index (χ3n) is 5.93. The van der Waals surface area contributed by atoms with Gasteiger partial charge < -0.3 is 9.80 Å². The van der Waals surface area contributed by atoms with E-state index in [0.717, 1.165) is 41.3 Å². The van der Waals surface area contributed by atoms with Crippen molar-refractivity contribution in [2.75, 3.05) is 31.1 Å². The first-order chi connectivity index (χ1) is 15.5. The van der Waals surface area contributed by atoms with Gasteiger partial charge in [0.2, 0.25) is 5.95 Å². The van der Waals surface area contributed by atoms with Gasteiger partial charge in [0, 0.05) is 48.1 Å². The van der Waals surface area contributed by atoms with E-state index in [0.29, 0.717) is 30.2 Å². The highest BCUT2D eigenvalue weighted by atomic mass is 35.5. The van der Waals surface area contributed by atoms with Crippen LogP contribution in [0.3, 0.4) is 0 Å². The number of benzene rings is 2. The summed E-state index contributed by atoms with van der Waals surface area (Å²) >= 11 is 5.98. The molecule has 0 bridgehead atoms. The second-order valence-electron chi connectivity index (χ2n) is 8.44. The van der Waals surface area contributed by atoms with Crippen molar-refractivity contribution in [3.8, 4) is 0 Å². The Hall–Kier alpha value is -3.19. The minimum Gasteiger partial charge on any atom is -0.340 e. The fourth-order valence-corrected chi connectivity index (χ4v) is 4.39. The smallest absolute Gasteiger partial charge is 0.253 e. The van der Waals surface area contributed by atoms with Crippen LogP contribution >= 0.6 is 11.6 Å². The first-order valence-corrected chi connectivity index (χ1v) is 11.3. The number of fused-ring (bicyclic) bond motifs is 3. The lowest BCUT2D eigenvalue weighted by Gasteiger charge is -2.24. The molecule has 0 spiro atoms. The van der Waals surface area contributed by atoms with Crippen LogP contribution in [-0.4, -0.2) is 56.6 Å². The predicted molar refractivity (Wildman–Crippen MR) is 127 cm³/mol. The van der Waals surface area contributed by atoms with Crippen molar-refractivity contribution < 1.29 is 4.79 Å². The monoisotopic (exact) mass is 448 g/mol. The van der Waals surface area contributed by atoms with E-state index in [2.05, 4.69) is 33.3 Å². The van der Waals surface area contributed by atoms with Crippen LogP contribution in [0.2, 0.25) is 5.02 Å². The molecule has 2 aromatic carbocycles. The summed E-state index contributed by atoms with van der Waals surface area (Å²) in [6.07, 6.45) is 0.856. The predicted octanol–water partition coefficient (Wildman–Crippen LogP) is 4.41. The average Bonchev–Trinajstić information content (AvgIpc) is 3.11. The Morgan fingerprint density at radius 3 is 2.53 bits per heavy atom. The Balaban J connectivity index is 1.49. The number of amides is 1. The fraction of sp³-hybridized carbons (Fsp3) is 0.333. The number of carbonyl (C=O) groups excluding carboxylic acids is 1. The third-order valence-corrected chi connectivity index (χ3v) is 6.18. The number of hydrogen-bond donors (Lipinski definition) is 0. The SMILES string of the molecule is CC(C)c1nnc2c3ccccc3nc(N3CCCN(C(=O)c4ccc(Cl)cc4)CC3)n12. The molecule has 0 saturated carbocycles. The number of carbonyl (C=O) groups is 1. The van der Waals surface area contributed by atoms with E-state index in [1.54, 1.807) is 24.3 Å². The van der Waals surface area contributed by atoms with Crippen molar-refractivity contribution in [1.29, 1.82) is 0 Å². The highest BCUT2D eigenvalue weighted by Crippen LogP contribution is 2.27. The van der Waals surface area contributed by atoms with Gasteiger partial charge in [-0.1, -0.05) is 37.6 Å². The van der Waals surface area contributed by atoms with Crippen LogP contribution in [0, 0.1) is 0 Å². The topological polar surface area (TPSA) is 66.6 Å². The maximum Gasteiger partial charge on any atom is 0.253 e. The van der Waals surface area contributed by atoms with Crippen LogP contribution in [-0.2, 0) is 0 Å². The van der Waals surface area contributed by atoms with E-state index >= 15 is 0 Å². The van der Waals surface area contributed by atoms with Crippen molar-refractivity contribution in [1.82, 2.24) is 24.5 Å². The molecule has 1 aliphatic heterocycles. The number of para-hydroxylation sites is 1. The molecule has 2 aromatic heterocycles. The van der Waals surface area contributed by atoms with Gasteiger partial charge in [0.25, 0.3) is 5.91 Å². The first-order valence-electron chi connectivity index (χ1n) is 11.0. The highest BCUT2D eigenvalue weighted by Gasteiger charge is 2.25. The maximum atomic E-state index is 13.0. The number of anilines is 1. The average molecular weight is 449 g/mol. The molecule has 1 fully saturated rings. The van der Waals surface area contributed by atoms with Crippen molar-refractivity contribution in [3.63, 3.8) is 0 Å². The van der Waals surface area contributed by atoms with Crippen LogP contribution in [0.5, 0.6) is 0 Å². The molecule has 0 atom stereocenters. The van der Waals surface area contributed by atoms with E-state index in [9.17, 15) is 4.79 Å². The van der Waals surface area contributed by atoms with E-state index in [-0.39, 0.29) is 11.8 Å². The molecule has 1 aliphatic rings. The lowest BCUT2D eigenvalue weighted by atomic mass is 10.2. The summed E-state index contributed by atoms with van der Waals surface area (Å²) < 4.78 is 2.09. The van der Waals surface area contributed by atoms with E-state index in [4.69, 9.17) is 16.6 Å². The van der Waals surface area contributed by atoms with Gasteiger partial charge in [0.05, 0.1) is 5.52 Å². The summed E-state index contributed by atoms with van der Waals surface area (Å²) in [7, 11) is 0. The molecule has 1 saturated heterocycles. The highest BCUT2D eigenvalue weighted by molar-refractivity contribution is 6.30. The van der Waals surface area contributed by atoms with Gasteiger partial charge in [-0.2, -0.15) is 0 Å². The Bertz CT molecular complexity index is 1280. The fourth-order valence-electron chi connectivity index (χ4n) is 4.27. The van der Waals surface area contributed by atoms with Crippen LogP contribution in [0.15, 0.2) is 48.5 Å². The van der Waals surface area contributed by atoms with Crippen molar-refractivity contribution in [2.45, 2.75) is 26.2 Å². The summed E-state index contributed by atoms with van der Waals surface area (Å²) in [5, 5.41) is 10.6. The largest absolute Gasteiger partial charge is 0.340 e. The molecule has 5 rings (SSSR count). The molecule has 3 heterocycles. The molecule has 1 amide bonds. The summed E-state index contributed by atoms with van der Waals surface area (Å²) in [5.41, 5.74) is 2.39. The lowest BCUT2D eigenvalue weighted by Crippen LogP contribution is -2.36. The first kappa shape index (κ1) is 20.7. The Morgan fingerprint density at radius 1 is 0.969 bits per heavy atom. The molecular weight excluding hydrogens is 424 g/mol. The lowest BCUT2D eigenvalue weighted by molar-refractivity contribution is 0.0767. The minimum absolute atomic E-state index is 0.0345. The van der Waals surface area contributed by atoms with Crippen LogP contribution in [0.1, 0.15) is 42.4 Å². The zero-order valence-corrected chi connectivity index (χ0v) is 19.0. The standard InChI is InChI=1S/C24H25ClN6O/c1-16(2)21-27-28-22-19-6-3-4-7-20(19)26-24(31(21)22)30-13-5-12-29(14-15-30)23(32)17-8-10-18(25)11-9-17/h3-4,6-11,16H,5,12-15H2,1-2H3. The normalized spacial score (nSPS) is 15.0. The molecule has 8 heteroatoms. The number of aromatic nitrogens is 4. The zero-order valence-electron chi connectivity index (χ0n) is 18.2. The van der Waals surface area contributed by atoms with Crippen molar-refractivity contribution >= 4 is 40.0 Å². The molecular formula is C24H25ClN6O. The summed E-state index contributed by atoms with van der Waals surface area (Å²) in [6, 6.07) is 15.1. The van der Waals surface area contributed by atoms with Crippen molar-refractivity contribution in [2.24, 2.45) is 0 Å². The van der Waals surface area contributed by atoms with Crippen molar-refractivity contribution in [3.05, 3.63) is 64.9 Å². The molecule has 0 aliphatic carbocycles. The zero-order chi connectivity index (χ0) is 22.2. The second kappa shape index (κ2) is 8.39. The second-order valence-corrected chi connectivity index (χ2v) is 8.88. The van der Waals surface area contributed by atoms with E-state index in [1.165, 1.54) is 0 Å². The molecule has 0 N–H and O–H groups in total.